The maximum Gasteiger partial charge on any atom is 0.419 e. The predicted molar refractivity (Wildman–Crippen MR) is 280 cm³/mol. The summed E-state index contributed by atoms with van der Waals surface area (Å²) >= 11 is 10.5. The van der Waals surface area contributed by atoms with E-state index in [0.717, 1.165) is 5.56 Å². The van der Waals surface area contributed by atoms with Crippen LogP contribution in [0, 0.1) is 9.54 Å². The number of nitrogens with one attached hydrogen (secondary N) is 6. The largest absolute Gasteiger partial charge is 0.478 e. The molecule has 0 aliphatic carbocycles. The molecule has 10 rings (SSSR count). The van der Waals surface area contributed by atoms with Crippen LogP contribution in [0.1, 0.15) is 111 Å². The third-order valence-electron chi connectivity index (χ3n) is 12.3. The second-order valence-corrected chi connectivity index (χ2v) is 18.2. The van der Waals surface area contributed by atoms with Crippen molar-refractivity contribution in [2.45, 2.75) is 39.0 Å². The van der Waals surface area contributed by atoms with Gasteiger partial charge in [0.05, 0.1) is 34.2 Å². The molecule has 28 heteroatoms. The SMILES string of the molecule is C[C@H](NC(=O)c1cc(C(=O)NCc2ccc3oc(=O)n(C)c3c2)n2c(=S)[nH]nc2n1)c1ccc(C(=O)O)cc1.C[C@H](NC(=O)c1cc(C(=O)NCc2ccc3oc(=O)n(C)c3c2)nc2n[nH]c(=S)n12)c1ccc(C(=O)O)cc1. The van der Waals surface area contributed by atoms with E-state index < -0.39 is 59.2 Å². The van der Waals surface area contributed by atoms with Crippen LogP contribution in [0.2, 0.25) is 0 Å². The number of hydrogen-bond donors (Lipinski definition) is 8. The van der Waals surface area contributed by atoms with E-state index in [-0.39, 0.29) is 68.1 Å². The molecule has 4 aromatic carbocycles. The lowest BCUT2D eigenvalue weighted by Gasteiger charge is -2.15. The third kappa shape index (κ3) is 10.8. The number of H-pyrrole nitrogens is 2. The Labute approximate surface area is 446 Å². The molecule has 396 valence electrons. The minimum atomic E-state index is -1.05. The van der Waals surface area contributed by atoms with Crippen molar-refractivity contribution in [3.8, 4) is 0 Å². The number of nitrogens with zero attached hydrogens (tertiary/aromatic N) is 8. The number of fused-ring (bicyclic) bond motifs is 4. The van der Waals surface area contributed by atoms with Gasteiger partial charge in [-0.2, -0.15) is 0 Å². The third-order valence-corrected chi connectivity index (χ3v) is 12.9. The Bertz CT molecular complexity index is 4320. The predicted octanol–water partition coefficient (Wildman–Crippen LogP) is 4.70. The van der Waals surface area contributed by atoms with E-state index in [4.69, 9.17) is 43.5 Å². The van der Waals surface area contributed by atoms with E-state index in [2.05, 4.69) is 51.6 Å². The molecule has 0 saturated heterocycles. The van der Waals surface area contributed by atoms with E-state index >= 15 is 0 Å². The van der Waals surface area contributed by atoms with Crippen molar-refractivity contribution < 1.29 is 47.8 Å². The number of oxazole rings is 2. The number of rotatable bonds is 14. The molecular formula is C50H42N14O12S2. The molecule has 0 aliphatic heterocycles. The number of aryl methyl sites for hydroxylation is 2. The highest BCUT2D eigenvalue weighted by molar-refractivity contribution is 7.71. The zero-order valence-corrected chi connectivity index (χ0v) is 42.8. The summed E-state index contributed by atoms with van der Waals surface area (Å²) in [5.74, 6) is -5.21. The Hall–Kier alpha value is -10.2. The fraction of sp³-hybridized carbons (Fsp3) is 0.160. The average molecular weight is 1100 g/mol. The van der Waals surface area contributed by atoms with Gasteiger partial charge in [-0.15, -0.1) is 10.2 Å². The standard InChI is InChI=1S/2C25H21N7O6S/c1-12(14-4-6-15(7-5-14)22(35)36)27-20(33)16-10-18(32-23(28-16)29-30-24(32)39)21(34)26-11-13-3-8-19-17(9-13)31(2)25(37)38-19;1-12(14-4-6-15(7-5-14)22(35)36)27-21(34)18-10-16(28-23-29-30-24(39)32(18)23)20(33)26-11-13-3-8-19-17(9-13)31(2)25(37)38-19/h3-10,12H,11H2,1-2H3,(H,26,34)(H,27,33)(H,30,39)(H,35,36);3-10,12H,11H2,1-2H3,(H,26,33)(H,27,34)(H,30,39)(H,35,36)/t2*12-/m00/s1. The van der Waals surface area contributed by atoms with Gasteiger partial charge in [0.2, 0.25) is 9.54 Å². The molecule has 26 nitrogen and oxygen atoms in total. The van der Waals surface area contributed by atoms with Crippen molar-refractivity contribution >= 4 is 93.8 Å². The average Bonchev–Trinajstić information content (AvgIpc) is 4.24. The summed E-state index contributed by atoms with van der Waals surface area (Å²) in [5, 5.41) is 42.5. The molecule has 0 unspecified atom stereocenters. The molecular weight excluding hydrogens is 1050 g/mol. The first-order valence-corrected chi connectivity index (χ1v) is 24.0. The number of aromatic carboxylic acids is 2. The molecule has 8 N–H and O–H groups in total. The molecule has 0 fully saturated rings. The van der Waals surface area contributed by atoms with E-state index in [1.165, 1.54) is 54.3 Å². The molecule has 78 heavy (non-hydrogen) atoms. The lowest BCUT2D eigenvalue weighted by atomic mass is 10.1. The van der Waals surface area contributed by atoms with Crippen LogP contribution in [-0.2, 0) is 27.2 Å². The molecule has 0 bridgehead atoms. The van der Waals surface area contributed by atoms with Crippen LogP contribution in [0.3, 0.4) is 0 Å². The molecule has 2 atom stereocenters. The van der Waals surface area contributed by atoms with Crippen molar-refractivity contribution in [1.82, 2.24) is 69.6 Å². The maximum atomic E-state index is 13.3. The summed E-state index contributed by atoms with van der Waals surface area (Å²) in [6.07, 6.45) is 0. The quantitative estimate of drug-likeness (QED) is 0.0684. The second kappa shape index (κ2) is 21.6. The summed E-state index contributed by atoms with van der Waals surface area (Å²) < 4.78 is 15.9. The Morgan fingerprint density at radius 2 is 0.962 bits per heavy atom. The van der Waals surface area contributed by atoms with Gasteiger partial charge in [0.25, 0.3) is 35.2 Å². The van der Waals surface area contributed by atoms with E-state index in [1.54, 1.807) is 88.6 Å². The van der Waals surface area contributed by atoms with Crippen LogP contribution >= 0.6 is 24.4 Å². The molecule has 0 saturated carbocycles. The van der Waals surface area contributed by atoms with Crippen molar-refractivity contribution in [3.63, 3.8) is 0 Å². The highest BCUT2D eigenvalue weighted by Crippen LogP contribution is 2.20. The van der Waals surface area contributed by atoms with Gasteiger partial charge in [-0.1, -0.05) is 36.4 Å². The zero-order chi connectivity index (χ0) is 55.7. The molecule has 0 spiro atoms. The van der Waals surface area contributed by atoms with E-state index in [0.29, 0.717) is 38.9 Å². The van der Waals surface area contributed by atoms with Crippen LogP contribution in [0.5, 0.6) is 0 Å². The van der Waals surface area contributed by atoms with Crippen molar-refractivity contribution in [1.29, 1.82) is 0 Å². The Balaban J connectivity index is 0.000000190. The van der Waals surface area contributed by atoms with Gasteiger partial charge < -0.3 is 40.3 Å². The fourth-order valence-corrected chi connectivity index (χ4v) is 8.49. The Morgan fingerprint density at radius 1 is 0.564 bits per heavy atom. The minimum absolute atomic E-state index is 0.0334. The lowest BCUT2D eigenvalue weighted by molar-refractivity contribution is 0.0686. The molecule has 10 aromatic rings. The number of carboxylic acids is 2. The minimum Gasteiger partial charge on any atom is -0.478 e. The van der Waals surface area contributed by atoms with Gasteiger partial charge in [0.1, 0.15) is 22.8 Å². The first-order chi connectivity index (χ1) is 37.2. The number of carboxylic acid groups (broad SMARTS) is 2. The fourth-order valence-electron chi connectivity index (χ4n) is 8.04. The molecule has 4 amide bonds. The van der Waals surface area contributed by atoms with E-state index in [1.807, 2.05) is 0 Å². The zero-order valence-electron chi connectivity index (χ0n) is 41.2. The first-order valence-electron chi connectivity index (χ1n) is 23.2. The van der Waals surface area contributed by atoms with Gasteiger partial charge in [0.15, 0.2) is 11.2 Å². The summed E-state index contributed by atoms with van der Waals surface area (Å²) in [7, 11) is 3.17. The van der Waals surface area contributed by atoms with Crippen molar-refractivity contribution in [2.24, 2.45) is 14.1 Å². The molecule has 6 aromatic heterocycles. The number of aromatic amines is 2. The summed E-state index contributed by atoms with van der Waals surface area (Å²) in [4.78, 5) is 107. The van der Waals surface area contributed by atoms with Gasteiger partial charge >= 0.3 is 23.5 Å². The highest BCUT2D eigenvalue weighted by atomic mass is 32.1. The maximum absolute atomic E-state index is 13.3. The summed E-state index contributed by atoms with van der Waals surface area (Å²) in [5.41, 5.74) is 5.04. The second-order valence-electron chi connectivity index (χ2n) is 17.4. The molecule has 0 radical (unpaired) electrons. The number of hydrogen-bond acceptors (Lipinski definition) is 16. The van der Waals surface area contributed by atoms with Gasteiger partial charge in [-0.3, -0.25) is 28.3 Å². The van der Waals surface area contributed by atoms with Gasteiger partial charge in [-0.05, 0) is 121 Å². The molecule has 6 heterocycles. The van der Waals surface area contributed by atoms with Crippen LogP contribution in [0.25, 0.3) is 33.8 Å². The number of carbonyl (C=O) groups is 6. The van der Waals surface area contributed by atoms with Crippen LogP contribution in [-0.4, -0.2) is 94.1 Å². The highest BCUT2D eigenvalue weighted by Gasteiger charge is 2.23. The Kier molecular flexibility index (Phi) is 14.5. The van der Waals surface area contributed by atoms with Crippen LogP contribution in [0.4, 0.5) is 0 Å². The van der Waals surface area contributed by atoms with E-state index in [9.17, 15) is 38.4 Å². The summed E-state index contributed by atoms with van der Waals surface area (Å²) in [6, 6.07) is 24.1. The van der Waals surface area contributed by atoms with Gasteiger partial charge in [-0.25, -0.2) is 48.1 Å². The topological polar surface area (TPSA) is 353 Å². The normalized spacial score (nSPS) is 11.9. The monoisotopic (exact) mass is 1090 g/mol. The van der Waals surface area contributed by atoms with Crippen LogP contribution < -0.4 is 32.8 Å². The number of aromatic nitrogens is 10. The van der Waals surface area contributed by atoms with Crippen molar-refractivity contribution in [3.05, 3.63) is 184 Å². The lowest BCUT2D eigenvalue weighted by Crippen LogP contribution is -2.30. The van der Waals surface area contributed by atoms with Crippen LogP contribution in [0.15, 0.2) is 115 Å². The molecule has 0 aliphatic rings. The summed E-state index contributed by atoms with van der Waals surface area (Å²) in [6.45, 7) is 3.71. The Morgan fingerprint density at radius 3 is 1.40 bits per heavy atom. The van der Waals surface area contributed by atoms with Crippen molar-refractivity contribution in [2.75, 3.05) is 0 Å². The smallest absolute Gasteiger partial charge is 0.419 e. The first kappa shape index (κ1) is 52.6. The van der Waals surface area contributed by atoms with Gasteiger partial charge in [0, 0.05) is 27.2 Å². The number of carbonyl (C=O) groups excluding carboxylic acids is 4. The number of benzene rings is 4. The number of amides is 4.